The third kappa shape index (κ3) is 3.65. The number of carbonyl (C=O) groups is 1. The predicted molar refractivity (Wildman–Crippen MR) is 105 cm³/mol. The molecular weight excluding hydrogens is 382 g/mol. The van der Waals surface area contributed by atoms with Crippen molar-refractivity contribution in [2.45, 2.75) is 31.3 Å². The molecule has 8 heteroatoms. The van der Waals surface area contributed by atoms with Crippen LogP contribution in [0, 0.1) is 0 Å². The molecule has 0 bridgehead atoms. The minimum absolute atomic E-state index is 0.0145. The highest BCUT2D eigenvalue weighted by Crippen LogP contribution is 2.42. The molecule has 1 fully saturated rings. The Morgan fingerprint density at radius 3 is 2.75 bits per heavy atom. The summed E-state index contributed by atoms with van der Waals surface area (Å²) >= 11 is 6.46. The summed E-state index contributed by atoms with van der Waals surface area (Å²) in [6.45, 7) is -0.229. The molecule has 2 N–H and O–H groups in total. The molecule has 1 aliphatic heterocycles. The smallest absolute Gasteiger partial charge is 0.281 e. The van der Waals surface area contributed by atoms with E-state index in [2.05, 4.69) is 5.32 Å². The fourth-order valence-corrected chi connectivity index (χ4v) is 3.72. The van der Waals surface area contributed by atoms with Crippen LogP contribution in [-0.4, -0.2) is 40.0 Å². The molecule has 4 rings (SSSR count). The molecule has 148 valence electrons. The van der Waals surface area contributed by atoms with Crippen LogP contribution >= 0.6 is 11.6 Å². The Balaban J connectivity index is 1.64. The van der Waals surface area contributed by atoms with Gasteiger partial charge in [-0.1, -0.05) is 17.7 Å². The molecule has 1 saturated carbocycles. The van der Waals surface area contributed by atoms with E-state index < -0.39 is 6.17 Å². The number of aromatic nitrogens is 1. The SMILES string of the molecule is Cn1cc2c(cc1=O)CC(Nc1ccc(C3CC3)cc1Cl)N(OCCO)C2=O. The van der Waals surface area contributed by atoms with Crippen molar-refractivity contribution in [1.29, 1.82) is 0 Å². The number of nitrogens with zero attached hydrogens (tertiary/aromatic N) is 2. The number of anilines is 1. The van der Waals surface area contributed by atoms with Crippen LogP contribution < -0.4 is 10.9 Å². The van der Waals surface area contributed by atoms with Gasteiger partial charge in [0.25, 0.3) is 11.5 Å². The quantitative estimate of drug-likeness (QED) is 0.773. The first-order chi connectivity index (χ1) is 13.5. The van der Waals surface area contributed by atoms with Crippen molar-refractivity contribution in [3.8, 4) is 0 Å². The van der Waals surface area contributed by atoms with E-state index in [0.29, 0.717) is 34.2 Å². The van der Waals surface area contributed by atoms with E-state index in [9.17, 15) is 9.59 Å². The van der Waals surface area contributed by atoms with Crippen molar-refractivity contribution in [2.24, 2.45) is 7.05 Å². The second-order valence-electron chi connectivity index (χ2n) is 7.23. The number of pyridine rings is 1. The normalized spacial score (nSPS) is 18.9. The first-order valence-corrected chi connectivity index (χ1v) is 9.68. The molecule has 2 aromatic rings. The average molecular weight is 404 g/mol. The first kappa shape index (κ1) is 19.0. The molecule has 7 nitrogen and oxygen atoms in total. The summed E-state index contributed by atoms with van der Waals surface area (Å²) in [5.41, 5.74) is 2.79. The Hall–Kier alpha value is -2.35. The monoisotopic (exact) mass is 403 g/mol. The Morgan fingerprint density at radius 2 is 2.07 bits per heavy atom. The van der Waals surface area contributed by atoms with Crippen LogP contribution in [0.25, 0.3) is 0 Å². The van der Waals surface area contributed by atoms with E-state index in [0.717, 1.165) is 0 Å². The fourth-order valence-electron chi connectivity index (χ4n) is 3.48. The maximum absolute atomic E-state index is 13.0. The Labute approximate surface area is 167 Å². The van der Waals surface area contributed by atoms with Crippen LogP contribution in [0.3, 0.4) is 0 Å². The summed E-state index contributed by atoms with van der Waals surface area (Å²) in [4.78, 5) is 30.5. The number of hydrogen-bond acceptors (Lipinski definition) is 5. The lowest BCUT2D eigenvalue weighted by molar-refractivity contribution is -0.152. The van der Waals surface area contributed by atoms with Gasteiger partial charge < -0.3 is 15.0 Å². The molecule has 1 aromatic carbocycles. The van der Waals surface area contributed by atoms with E-state index in [1.165, 1.54) is 40.3 Å². The lowest BCUT2D eigenvalue weighted by Crippen LogP contribution is -2.50. The maximum Gasteiger partial charge on any atom is 0.281 e. The van der Waals surface area contributed by atoms with Crippen LogP contribution in [-0.2, 0) is 18.3 Å². The number of aryl methyl sites for hydroxylation is 1. The minimum atomic E-state index is -0.553. The summed E-state index contributed by atoms with van der Waals surface area (Å²) in [5.74, 6) is 0.226. The highest BCUT2D eigenvalue weighted by molar-refractivity contribution is 6.33. The Kier molecular flexibility index (Phi) is 5.14. The molecule has 1 unspecified atom stereocenters. The van der Waals surface area contributed by atoms with E-state index in [4.69, 9.17) is 21.5 Å². The van der Waals surface area contributed by atoms with Gasteiger partial charge in [-0.15, -0.1) is 0 Å². The number of aliphatic hydroxyl groups excluding tert-OH is 1. The van der Waals surface area contributed by atoms with Crippen LogP contribution in [0.2, 0.25) is 5.02 Å². The summed E-state index contributed by atoms with van der Waals surface area (Å²) < 4.78 is 1.36. The Morgan fingerprint density at radius 1 is 1.29 bits per heavy atom. The molecule has 1 aliphatic carbocycles. The van der Waals surface area contributed by atoms with Gasteiger partial charge >= 0.3 is 0 Å². The molecule has 1 aromatic heterocycles. The molecule has 2 heterocycles. The lowest BCUT2D eigenvalue weighted by atomic mass is 10.00. The van der Waals surface area contributed by atoms with Gasteiger partial charge in [0, 0.05) is 25.7 Å². The topological polar surface area (TPSA) is 83.8 Å². The summed E-state index contributed by atoms with van der Waals surface area (Å²) in [6, 6.07) is 7.38. The van der Waals surface area contributed by atoms with Gasteiger partial charge in [0.15, 0.2) is 0 Å². The number of nitrogens with one attached hydrogen (secondary N) is 1. The number of aliphatic hydroxyl groups is 1. The highest BCUT2D eigenvalue weighted by Gasteiger charge is 2.34. The largest absolute Gasteiger partial charge is 0.394 e. The minimum Gasteiger partial charge on any atom is -0.394 e. The van der Waals surface area contributed by atoms with Crippen LogP contribution in [0.5, 0.6) is 0 Å². The summed E-state index contributed by atoms with van der Waals surface area (Å²) in [5, 5.41) is 14.2. The van der Waals surface area contributed by atoms with E-state index >= 15 is 0 Å². The number of halogens is 1. The van der Waals surface area contributed by atoms with Gasteiger partial charge in [0.05, 0.1) is 29.5 Å². The molecule has 0 saturated heterocycles. The van der Waals surface area contributed by atoms with Gasteiger partial charge in [0.2, 0.25) is 0 Å². The molecule has 1 atom stereocenters. The highest BCUT2D eigenvalue weighted by atomic mass is 35.5. The molecule has 28 heavy (non-hydrogen) atoms. The number of carbonyl (C=O) groups excluding carboxylic acids is 1. The number of hydrogen-bond donors (Lipinski definition) is 2. The van der Waals surface area contributed by atoms with Gasteiger partial charge in [0.1, 0.15) is 6.17 Å². The van der Waals surface area contributed by atoms with Gasteiger partial charge in [-0.3, -0.25) is 14.4 Å². The molecule has 1 amide bonds. The zero-order chi connectivity index (χ0) is 19.8. The number of amides is 1. The van der Waals surface area contributed by atoms with Crippen LogP contribution in [0.4, 0.5) is 5.69 Å². The van der Waals surface area contributed by atoms with Crippen molar-refractivity contribution in [1.82, 2.24) is 9.63 Å². The summed E-state index contributed by atoms with van der Waals surface area (Å²) in [7, 11) is 1.60. The van der Waals surface area contributed by atoms with Crippen molar-refractivity contribution >= 4 is 23.2 Å². The standard InChI is InChI=1S/C20H22ClN3O4/c1-23-11-15-14(10-19(23)26)9-18(24(20(15)27)28-7-6-25)22-17-5-4-13(8-16(17)21)12-2-3-12/h4-5,8,10-12,18,22,25H,2-3,6-7,9H2,1H3. The number of benzene rings is 1. The third-order valence-corrected chi connectivity index (χ3v) is 5.44. The van der Waals surface area contributed by atoms with Gasteiger partial charge in [-0.05, 0) is 42.0 Å². The molecule has 2 aliphatic rings. The third-order valence-electron chi connectivity index (χ3n) is 5.13. The zero-order valence-electron chi connectivity index (χ0n) is 15.5. The lowest BCUT2D eigenvalue weighted by Gasteiger charge is -2.36. The fraction of sp³-hybridized carbons (Fsp3) is 0.400. The number of hydroxylamine groups is 2. The average Bonchev–Trinajstić information content (AvgIpc) is 3.50. The van der Waals surface area contributed by atoms with Gasteiger partial charge in [-0.25, -0.2) is 0 Å². The van der Waals surface area contributed by atoms with Crippen molar-refractivity contribution in [3.05, 3.63) is 62.5 Å². The first-order valence-electron chi connectivity index (χ1n) is 9.31. The Bertz CT molecular complexity index is 970. The van der Waals surface area contributed by atoms with Gasteiger partial charge in [-0.2, -0.15) is 5.06 Å². The van der Waals surface area contributed by atoms with E-state index in [-0.39, 0.29) is 24.7 Å². The van der Waals surface area contributed by atoms with E-state index in [1.54, 1.807) is 7.05 Å². The molecular formula is C20H22ClN3O4. The molecule has 0 radical (unpaired) electrons. The van der Waals surface area contributed by atoms with Crippen molar-refractivity contribution in [3.63, 3.8) is 0 Å². The summed E-state index contributed by atoms with van der Waals surface area (Å²) in [6.07, 6.45) is 3.72. The second-order valence-corrected chi connectivity index (χ2v) is 7.63. The maximum atomic E-state index is 13.0. The second kappa shape index (κ2) is 7.58. The van der Waals surface area contributed by atoms with Crippen molar-refractivity contribution in [2.75, 3.05) is 18.5 Å². The number of rotatable bonds is 6. The van der Waals surface area contributed by atoms with Crippen LogP contribution in [0.15, 0.2) is 35.3 Å². The van der Waals surface area contributed by atoms with Crippen molar-refractivity contribution < 1.29 is 14.7 Å². The predicted octanol–water partition coefficient (Wildman–Crippen LogP) is 2.28. The van der Waals surface area contributed by atoms with Crippen LogP contribution in [0.1, 0.15) is 40.2 Å². The zero-order valence-corrected chi connectivity index (χ0v) is 16.3. The van der Waals surface area contributed by atoms with E-state index in [1.807, 2.05) is 18.2 Å². The molecule has 0 spiro atoms. The number of fused-ring (bicyclic) bond motifs is 1.